The first-order valence-electron chi connectivity index (χ1n) is 21.0. The molecular formula is C48H48F6N6O6. The molecule has 348 valence electrons. The number of nitrogens with zero attached hydrogens (tertiary/aromatic N) is 6. The molecule has 18 heteroatoms. The number of fused-ring (bicyclic) bond motifs is 5. The molecule has 4 bridgehead atoms. The van der Waals surface area contributed by atoms with Crippen molar-refractivity contribution in [3.63, 3.8) is 0 Å². The summed E-state index contributed by atoms with van der Waals surface area (Å²) in [6.45, 7) is 11.0. The summed E-state index contributed by atoms with van der Waals surface area (Å²) in [5.41, 5.74) is -2.49. The van der Waals surface area contributed by atoms with Crippen LogP contribution in [0.1, 0.15) is 72.6 Å². The van der Waals surface area contributed by atoms with Crippen LogP contribution in [-0.4, -0.2) is 55.9 Å². The lowest BCUT2D eigenvalue weighted by Gasteiger charge is -2.31. The van der Waals surface area contributed by atoms with E-state index in [-0.39, 0.29) is 36.4 Å². The van der Waals surface area contributed by atoms with E-state index in [1.807, 2.05) is 13.8 Å². The maximum Gasteiger partial charge on any atom is 0.426 e. The summed E-state index contributed by atoms with van der Waals surface area (Å²) in [5.74, 6) is -0.973. The fraction of sp³-hybridized carbons (Fsp3) is 0.333. The second-order valence-electron chi connectivity index (χ2n) is 15.1. The number of benzene rings is 2. The molecular weight excluding hydrogens is 871 g/mol. The minimum absolute atomic E-state index is 0.136. The lowest BCUT2D eigenvalue weighted by atomic mass is 9.97. The van der Waals surface area contributed by atoms with Crippen LogP contribution in [0.2, 0.25) is 0 Å². The summed E-state index contributed by atoms with van der Waals surface area (Å²) in [6.07, 6.45) is -2.02. The summed E-state index contributed by atoms with van der Waals surface area (Å²) >= 11 is 0. The van der Waals surface area contributed by atoms with Gasteiger partial charge < -0.3 is 27.8 Å². The largest absolute Gasteiger partial charge is 0.477 e. The summed E-state index contributed by atoms with van der Waals surface area (Å²) < 4.78 is 120. The van der Waals surface area contributed by atoms with Crippen molar-refractivity contribution < 1.29 is 54.1 Å². The van der Waals surface area contributed by atoms with Crippen molar-refractivity contribution >= 4 is 0 Å². The highest BCUT2D eigenvalue weighted by molar-refractivity contribution is 5.50. The molecule has 5 heterocycles. The van der Waals surface area contributed by atoms with E-state index in [9.17, 15) is 26.3 Å². The Balaban J connectivity index is 0.000000219. The van der Waals surface area contributed by atoms with Crippen LogP contribution in [0.5, 0.6) is 11.8 Å². The van der Waals surface area contributed by atoms with E-state index in [1.54, 1.807) is 97.1 Å². The standard InChI is InChI=1S/C25H26F3N3O3.C23H22F3N3O3/c1-4-6-10-16-32-21-18(3)13-14-20(29-21)22-30-31-23(34-22)24(15-5-2,25(26,27)28)33-17-19-11-8-7-9-12-19;1-16-11-12-18-20-28-29-21(32-20)22(23(24,25)26,31-15-17-9-5-4-6-10-17)13-7-2-3-8-14-30-19(16)27-18/h4-5,7-9,11-14H,1-2,6,10,15-17H2,3H3;2,4-7,9-12H,3,8,13-15H2,1H3. The van der Waals surface area contributed by atoms with Gasteiger partial charge in [0.15, 0.2) is 0 Å². The molecule has 0 N–H and O–H groups in total. The number of hydrogen-bond acceptors (Lipinski definition) is 12. The van der Waals surface area contributed by atoms with Crippen molar-refractivity contribution in [2.24, 2.45) is 0 Å². The first-order valence-corrected chi connectivity index (χ1v) is 21.0. The van der Waals surface area contributed by atoms with Gasteiger partial charge in [-0.05, 0) is 62.8 Å². The number of rotatable bonds is 15. The van der Waals surface area contributed by atoms with Crippen molar-refractivity contribution in [2.75, 3.05) is 13.2 Å². The lowest BCUT2D eigenvalue weighted by Crippen LogP contribution is -2.45. The first kappa shape index (κ1) is 48.8. The Hall–Kier alpha value is -6.66. The zero-order chi connectivity index (χ0) is 47.2. The maximum atomic E-state index is 14.5. The van der Waals surface area contributed by atoms with Crippen molar-refractivity contribution in [3.05, 3.63) is 156 Å². The van der Waals surface area contributed by atoms with Crippen LogP contribution in [0, 0.1) is 13.8 Å². The van der Waals surface area contributed by atoms with Crippen LogP contribution >= 0.6 is 0 Å². The fourth-order valence-corrected chi connectivity index (χ4v) is 6.48. The molecule has 1 aliphatic rings. The van der Waals surface area contributed by atoms with E-state index in [0.717, 1.165) is 30.0 Å². The van der Waals surface area contributed by atoms with Gasteiger partial charge in [0.05, 0.1) is 26.4 Å². The van der Waals surface area contributed by atoms with Gasteiger partial charge in [-0.3, -0.25) is 0 Å². The molecule has 0 saturated heterocycles. The number of aromatic nitrogens is 6. The molecule has 66 heavy (non-hydrogen) atoms. The number of aryl methyl sites for hydroxylation is 2. The van der Waals surface area contributed by atoms with Crippen molar-refractivity contribution in [1.82, 2.24) is 30.4 Å². The monoisotopic (exact) mass is 918 g/mol. The van der Waals surface area contributed by atoms with Gasteiger partial charge in [0.2, 0.25) is 23.0 Å². The van der Waals surface area contributed by atoms with Crippen LogP contribution in [0.3, 0.4) is 0 Å². The molecule has 0 radical (unpaired) electrons. The van der Waals surface area contributed by atoms with E-state index in [0.29, 0.717) is 48.9 Å². The van der Waals surface area contributed by atoms with Crippen LogP contribution in [0.25, 0.3) is 23.2 Å². The Morgan fingerprint density at radius 2 is 1.38 bits per heavy atom. The molecule has 0 saturated carbocycles. The van der Waals surface area contributed by atoms with E-state index >= 15 is 0 Å². The Kier molecular flexibility index (Phi) is 16.3. The van der Waals surface area contributed by atoms with E-state index < -0.39 is 48.2 Å². The van der Waals surface area contributed by atoms with Crippen LogP contribution in [-0.2, 0) is 33.9 Å². The van der Waals surface area contributed by atoms with Crippen molar-refractivity contribution in [1.29, 1.82) is 0 Å². The molecule has 0 amide bonds. The van der Waals surface area contributed by atoms with Gasteiger partial charge in [-0.1, -0.05) is 97.1 Å². The number of alkyl halides is 6. The molecule has 12 nitrogen and oxygen atoms in total. The zero-order valence-corrected chi connectivity index (χ0v) is 36.3. The summed E-state index contributed by atoms with van der Waals surface area (Å²) in [5, 5.41) is 15.1. The molecule has 6 aromatic rings. The Bertz CT molecular complexity index is 2530. The summed E-state index contributed by atoms with van der Waals surface area (Å²) in [6, 6.07) is 23.8. The summed E-state index contributed by atoms with van der Waals surface area (Å²) in [7, 11) is 0. The number of allylic oxidation sites excluding steroid dienone is 2. The average Bonchev–Trinajstić information content (AvgIpc) is 4.00. The third-order valence-corrected chi connectivity index (χ3v) is 10.2. The smallest absolute Gasteiger partial charge is 0.426 e. The zero-order valence-electron chi connectivity index (χ0n) is 36.3. The number of ether oxygens (including phenoxy) is 4. The highest BCUT2D eigenvalue weighted by Gasteiger charge is 2.62. The molecule has 2 aromatic carbocycles. The quantitative estimate of drug-likeness (QED) is 0.0550. The number of hydrogen-bond donors (Lipinski definition) is 0. The van der Waals surface area contributed by atoms with Gasteiger partial charge in [0, 0.05) is 24.0 Å². The van der Waals surface area contributed by atoms with Gasteiger partial charge in [-0.25, -0.2) is 9.97 Å². The molecule has 0 fully saturated rings. The molecule has 2 unspecified atom stereocenters. The molecule has 2 atom stereocenters. The highest BCUT2D eigenvalue weighted by atomic mass is 19.4. The van der Waals surface area contributed by atoms with Crippen LogP contribution < -0.4 is 9.47 Å². The Labute approximate surface area is 377 Å². The fourth-order valence-electron chi connectivity index (χ4n) is 6.48. The van der Waals surface area contributed by atoms with E-state index in [4.69, 9.17) is 27.8 Å². The van der Waals surface area contributed by atoms with Gasteiger partial charge in [-0.15, -0.1) is 33.6 Å². The van der Waals surface area contributed by atoms with E-state index in [1.165, 1.54) is 6.08 Å². The molecule has 1 aliphatic heterocycles. The lowest BCUT2D eigenvalue weighted by molar-refractivity contribution is -0.296. The van der Waals surface area contributed by atoms with Crippen LogP contribution in [0.4, 0.5) is 26.3 Å². The molecule has 4 aromatic heterocycles. The Morgan fingerprint density at radius 1 is 0.727 bits per heavy atom. The predicted octanol–water partition coefficient (Wildman–Crippen LogP) is 11.9. The van der Waals surface area contributed by atoms with Gasteiger partial charge >= 0.3 is 12.4 Å². The van der Waals surface area contributed by atoms with Gasteiger partial charge in [-0.2, -0.15) is 26.3 Å². The van der Waals surface area contributed by atoms with Crippen molar-refractivity contribution in [3.8, 4) is 34.9 Å². The summed E-state index contributed by atoms with van der Waals surface area (Å²) in [4.78, 5) is 8.70. The van der Waals surface area contributed by atoms with Crippen molar-refractivity contribution in [2.45, 2.75) is 89.1 Å². The number of pyridine rings is 2. The Morgan fingerprint density at radius 3 is 2.05 bits per heavy atom. The van der Waals surface area contributed by atoms with Gasteiger partial charge in [0.1, 0.15) is 11.4 Å². The minimum atomic E-state index is -4.85. The first-order chi connectivity index (χ1) is 31.7. The third kappa shape index (κ3) is 11.8. The maximum absolute atomic E-state index is 14.5. The second kappa shape index (κ2) is 22.0. The van der Waals surface area contributed by atoms with Gasteiger partial charge in [0.25, 0.3) is 23.6 Å². The van der Waals surface area contributed by atoms with E-state index in [2.05, 4.69) is 43.5 Å². The number of unbranched alkanes of at least 4 members (excludes halogenated alkanes) is 1. The molecule has 0 spiro atoms. The molecule has 7 rings (SSSR count). The normalized spacial score (nSPS) is 16.2. The third-order valence-electron chi connectivity index (χ3n) is 10.2. The second-order valence-corrected chi connectivity index (χ2v) is 15.1. The SMILES string of the molecule is C=CCCCOc1nc(-c2nnc(C(CC=C)(OCc3ccccc3)C(F)(F)F)o2)ccc1C.Cc1ccc2nc1OCCCC=CCC(OCc1ccccc1)(C(F)(F)F)c1nnc-2o1. The molecule has 0 aliphatic carbocycles. The predicted molar refractivity (Wildman–Crippen MR) is 231 cm³/mol. The number of halogens is 6. The topological polar surface area (TPSA) is 141 Å². The van der Waals surface area contributed by atoms with Crippen LogP contribution in [0.15, 0.2) is 131 Å². The average molecular weight is 919 g/mol. The minimum Gasteiger partial charge on any atom is -0.477 e. The highest BCUT2D eigenvalue weighted by Crippen LogP contribution is 2.47.